The van der Waals surface area contributed by atoms with Gasteiger partial charge in [0.2, 0.25) is 0 Å². The van der Waals surface area contributed by atoms with E-state index in [0.717, 1.165) is 6.54 Å². The van der Waals surface area contributed by atoms with Gasteiger partial charge in [-0.05, 0) is 68.2 Å². The summed E-state index contributed by atoms with van der Waals surface area (Å²) in [7, 11) is 0. The highest BCUT2D eigenvalue weighted by atomic mass is 32.1. The van der Waals surface area contributed by atoms with Crippen molar-refractivity contribution in [3.63, 3.8) is 0 Å². The van der Waals surface area contributed by atoms with Crippen molar-refractivity contribution in [1.29, 1.82) is 0 Å². The maximum absolute atomic E-state index is 3.52. The highest BCUT2D eigenvalue weighted by Gasteiger charge is 2.32. The molecule has 1 aromatic heterocycles. The molecule has 1 nitrogen and oxygen atoms in total. The summed E-state index contributed by atoms with van der Waals surface area (Å²) >= 11 is 2.03. The van der Waals surface area contributed by atoms with Gasteiger partial charge in [0.05, 0.1) is 0 Å². The zero-order chi connectivity index (χ0) is 15.3. The average molecular weight is 308 g/mol. The third-order valence-electron chi connectivity index (χ3n) is 5.05. The van der Waals surface area contributed by atoms with E-state index in [1.807, 2.05) is 11.3 Å². The predicted molar refractivity (Wildman–Crippen MR) is 95.4 cm³/mol. The highest BCUT2D eigenvalue weighted by molar-refractivity contribution is 7.12. The molecule has 0 bridgehead atoms. The Morgan fingerprint density at radius 2 is 1.86 bits per heavy atom. The van der Waals surface area contributed by atoms with Gasteiger partial charge in [0.25, 0.3) is 0 Å². The number of nitrogens with one attached hydrogen (secondary N) is 1. The van der Waals surface area contributed by atoms with Crippen LogP contribution in [0.2, 0.25) is 0 Å². The first-order valence-corrected chi connectivity index (χ1v) is 9.57. The minimum absolute atomic E-state index is 0.305. The maximum atomic E-state index is 3.52. The number of hydrogen-bond donors (Lipinski definition) is 1. The summed E-state index contributed by atoms with van der Waals surface area (Å²) in [6, 6.07) is 4.72. The molecule has 0 amide bonds. The molecule has 0 aromatic carbocycles. The quantitative estimate of drug-likeness (QED) is 0.652. The zero-order valence-electron chi connectivity index (χ0n) is 14.4. The molecule has 1 heterocycles. The third-order valence-corrected chi connectivity index (χ3v) is 6.62. The van der Waals surface area contributed by atoms with Crippen molar-refractivity contribution in [1.82, 2.24) is 5.32 Å². The van der Waals surface area contributed by atoms with E-state index in [9.17, 15) is 0 Å². The van der Waals surface area contributed by atoms with Crippen LogP contribution in [0.25, 0.3) is 0 Å². The van der Waals surface area contributed by atoms with Crippen LogP contribution < -0.4 is 5.32 Å². The van der Waals surface area contributed by atoms with Crippen molar-refractivity contribution in [2.24, 2.45) is 5.41 Å². The first-order chi connectivity index (χ1) is 9.95. The van der Waals surface area contributed by atoms with Gasteiger partial charge in [0.15, 0.2) is 0 Å². The smallest absolute Gasteiger partial charge is 0.0102 e. The molecule has 1 fully saturated rings. The highest BCUT2D eigenvalue weighted by Crippen LogP contribution is 2.45. The summed E-state index contributed by atoms with van der Waals surface area (Å²) in [5.41, 5.74) is 0.938. The van der Waals surface area contributed by atoms with Crippen molar-refractivity contribution in [3.8, 4) is 0 Å². The Labute approximate surface area is 135 Å². The van der Waals surface area contributed by atoms with Gasteiger partial charge < -0.3 is 5.32 Å². The number of thiophene rings is 1. The summed E-state index contributed by atoms with van der Waals surface area (Å²) in [5.74, 6) is 0. The lowest BCUT2D eigenvalue weighted by atomic mass is 9.78. The van der Waals surface area contributed by atoms with E-state index in [0.29, 0.717) is 10.8 Å². The second kappa shape index (κ2) is 7.28. The van der Waals surface area contributed by atoms with Gasteiger partial charge >= 0.3 is 0 Å². The number of aryl methyl sites for hydroxylation is 1. The van der Waals surface area contributed by atoms with Crippen molar-refractivity contribution in [3.05, 3.63) is 21.9 Å². The molecular weight excluding hydrogens is 274 g/mol. The van der Waals surface area contributed by atoms with E-state index in [1.165, 1.54) is 56.4 Å². The topological polar surface area (TPSA) is 12.0 Å². The fourth-order valence-electron chi connectivity index (χ4n) is 3.58. The van der Waals surface area contributed by atoms with Crippen molar-refractivity contribution in [2.45, 2.75) is 78.1 Å². The van der Waals surface area contributed by atoms with E-state index in [2.05, 4.69) is 45.1 Å². The Balaban J connectivity index is 1.91. The first-order valence-electron chi connectivity index (χ1n) is 8.75. The fraction of sp³-hybridized carbons (Fsp3) is 0.789. The van der Waals surface area contributed by atoms with Crippen LogP contribution in [0.15, 0.2) is 12.1 Å². The average Bonchev–Trinajstić information content (AvgIpc) is 3.06. The van der Waals surface area contributed by atoms with Crippen LogP contribution in [0.5, 0.6) is 0 Å². The van der Waals surface area contributed by atoms with Gasteiger partial charge in [-0.2, -0.15) is 0 Å². The lowest BCUT2D eigenvalue weighted by Gasteiger charge is -2.29. The minimum atomic E-state index is 0.305. The molecule has 0 saturated heterocycles. The van der Waals surface area contributed by atoms with E-state index < -0.39 is 0 Å². The van der Waals surface area contributed by atoms with Crippen LogP contribution in [0, 0.1) is 5.41 Å². The standard InChI is InChI=1S/C19H33NS/c1-5-20-15-14-19(11-6-7-12-19)13-10-16-8-9-17(21-16)18(2,3)4/h8-9,20H,5-7,10-15H2,1-4H3. The second-order valence-electron chi connectivity index (χ2n) is 7.83. The summed E-state index contributed by atoms with van der Waals surface area (Å²) in [4.78, 5) is 3.13. The molecule has 1 aromatic rings. The van der Waals surface area contributed by atoms with Crippen LogP contribution in [0.4, 0.5) is 0 Å². The van der Waals surface area contributed by atoms with E-state index in [-0.39, 0.29) is 0 Å². The first kappa shape index (κ1) is 17.0. The van der Waals surface area contributed by atoms with Gasteiger partial charge in [-0.1, -0.05) is 40.5 Å². The minimum Gasteiger partial charge on any atom is -0.317 e. The lowest BCUT2D eigenvalue weighted by Crippen LogP contribution is -2.25. The summed E-state index contributed by atoms with van der Waals surface area (Å²) in [6.07, 6.45) is 9.85. The molecular formula is C19H33NS. The van der Waals surface area contributed by atoms with Crippen LogP contribution >= 0.6 is 11.3 Å². The lowest BCUT2D eigenvalue weighted by molar-refractivity contribution is 0.246. The van der Waals surface area contributed by atoms with Crippen molar-refractivity contribution < 1.29 is 0 Å². The van der Waals surface area contributed by atoms with Crippen LogP contribution in [-0.2, 0) is 11.8 Å². The molecule has 0 unspecified atom stereocenters. The SMILES string of the molecule is CCNCCC1(CCc2ccc(C(C)(C)C)s2)CCCC1. The summed E-state index contributed by atoms with van der Waals surface area (Å²) < 4.78 is 0. The summed E-state index contributed by atoms with van der Waals surface area (Å²) in [6.45, 7) is 11.5. The predicted octanol–water partition coefficient (Wildman–Crippen LogP) is 5.54. The van der Waals surface area contributed by atoms with Gasteiger partial charge in [-0.25, -0.2) is 0 Å². The molecule has 21 heavy (non-hydrogen) atoms. The Bertz CT molecular complexity index is 421. The number of rotatable bonds is 7. The van der Waals surface area contributed by atoms with Crippen molar-refractivity contribution >= 4 is 11.3 Å². The van der Waals surface area contributed by atoms with Crippen LogP contribution in [-0.4, -0.2) is 13.1 Å². The number of hydrogen-bond acceptors (Lipinski definition) is 2. The van der Waals surface area contributed by atoms with Crippen LogP contribution in [0.3, 0.4) is 0 Å². The molecule has 1 N–H and O–H groups in total. The largest absolute Gasteiger partial charge is 0.317 e. The Kier molecular flexibility index (Phi) is 5.90. The van der Waals surface area contributed by atoms with Crippen LogP contribution in [0.1, 0.15) is 76.0 Å². The second-order valence-corrected chi connectivity index (χ2v) is 8.99. The van der Waals surface area contributed by atoms with E-state index >= 15 is 0 Å². The van der Waals surface area contributed by atoms with Gasteiger partial charge in [0.1, 0.15) is 0 Å². The fourth-order valence-corrected chi connectivity index (χ4v) is 4.65. The molecule has 1 saturated carbocycles. The van der Waals surface area contributed by atoms with E-state index in [4.69, 9.17) is 0 Å². The molecule has 0 aliphatic heterocycles. The Morgan fingerprint density at radius 1 is 1.14 bits per heavy atom. The van der Waals surface area contributed by atoms with E-state index in [1.54, 1.807) is 4.88 Å². The molecule has 120 valence electrons. The third kappa shape index (κ3) is 4.82. The normalized spacial score (nSPS) is 18.3. The molecule has 0 radical (unpaired) electrons. The van der Waals surface area contributed by atoms with Gasteiger partial charge in [-0.3, -0.25) is 0 Å². The Hall–Kier alpha value is -0.340. The molecule has 2 rings (SSSR count). The molecule has 2 heteroatoms. The molecule has 1 aliphatic carbocycles. The van der Waals surface area contributed by atoms with Gasteiger partial charge in [-0.15, -0.1) is 11.3 Å². The summed E-state index contributed by atoms with van der Waals surface area (Å²) in [5, 5.41) is 3.52. The van der Waals surface area contributed by atoms with Crippen molar-refractivity contribution in [2.75, 3.05) is 13.1 Å². The maximum Gasteiger partial charge on any atom is 0.0102 e. The van der Waals surface area contributed by atoms with Gasteiger partial charge in [0, 0.05) is 9.75 Å². The molecule has 1 aliphatic rings. The molecule has 0 spiro atoms. The molecule has 0 atom stereocenters. The monoisotopic (exact) mass is 307 g/mol. The zero-order valence-corrected chi connectivity index (χ0v) is 15.2. The Morgan fingerprint density at radius 3 is 2.43 bits per heavy atom.